The number of methoxy groups -OCH3 is 1. The van der Waals surface area contributed by atoms with Crippen LogP contribution in [0.4, 0.5) is 0 Å². The summed E-state index contributed by atoms with van der Waals surface area (Å²) < 4.78 is 7.01. The number of aryl methyl sites for hydroxylation is 2. The lowest BCUT2D eigenvalue weighted by atomic mass is 9.95. The van der Waals surface area contributed by atoms with Crippen LogP contribution in [0.3, 0.4) is 0 Å². The molecular weight excluding hydrogens is 416 g/mol. The number of hydrogen-bond donors (Lipinski definition) is 1. The van der Waals surface area contributed by atoms with Crippen LogP contribution in [0.15, 0.2) is 47.3 Å². The van der Waals surface area contributed by atoms with Gasteiger partial charge in [-0.2, -0.15) is 0 Å². The molecule has 0 unspecified atom stereocenters. The number of fused-ring (bicyclic) bond motifs is 2. The molecule has 3 heterocycles. The van der Waals surface area contributed by atoms with Crippen molar-refractivity contribution in [3.63, 3.8) is 0 Å². The molecule has 33 heavy (non-hydrogen) atoms. The van der Waals surface area contributed by atoms with Crippen molar-refractivity contribution >= 4 is 10.9 Å². The Hall–Kier alpha value is -3.36. The first-order chi connectivity index (χ1) is 16.0. The van der Waals surface area contributed by atoms with Crippen LogP contribution < -0.4 is 5.56 Å². The third kappa shape index (κ3) is 4.07. The molecule has 2 aromatic carbocycles. The number of nitrogens with one attached hydrogen (secondary N) is 1. The van der Waals surface area contributed by atoms with Gasteiger partial charge in [-0.15, -0.1) is 5.10 Å². The van der Waals surface area contributed by atoms with E-state index < -0.39 is 0 Å². The molecule has 0 radical (unpaired) electrons. The van der Waals surface area contributed by atoms with Gasteiger partial charge >= 0.3 is 0 Å². The molecule has 8 heteroatoms. The number of aromatic amines is 1. The number of hydrogen-bond acceptors (Lipinski definition) is 6. The Kier molecular flexibility index (Phi) is 5.78. The van der Waals surface area contributed by atoms with E-state index in [2.05, 4.69) is 68.7 Å². The van der Waals surface area contributed by atoms with Gasteiger partial charge in [-0.3, -0.25) is 9.69 Å². The maximum atomic E-state index is 13.4. The van der Waals surface area contributed by atoms with Crippen molar-refractivity contribution in [2.75, 3.05) is 20.3 Å². The van der Waals surface area contributed by atoms with Crippen LogP contribution in [-0.4, -0.2) is 50.4 Å². The molecule has 0 aliphatic carbocycles. The molecule has 1 aliphatic heterocycles. The van der Waals surface area contributed by atoms with E-state index in [1.807, 2.05) is 13.0 Å². The first-order valence-electron chi connectivity index (χ1n) is 11.2. The number of tetrazole rings is 1. The van der Waals surface area contributed by atoms with Gasteiger partial charge in [-0.05, 0) is 64.9 Å². The van der Waals surface area contributed by atoms with E-state index in [0.717, 1.165) is 41.5 Å². The molecule has 1 atom stereocenters. The lowest BCUT2D eigenvalue weighted by molar-refractivity contribution is 0.169. The summed E-state index contributed by atoms with van der Waals surface area (Å²) in [6.07, 6.45) is 0.913. The lowest BCUT2D eigenvalue weighted by Gasteiger charge is -2.34. The van der Waals surface area contributed by atoms with Crippen LogP contribution in [0.1, 0.15) is 39.7 Å². The number of H-pyrrole nitrogens is 1. The van der Waals surface area contributed by atoms with Crippen LogP contribution in [0, 0.1) is 13.8 Å². The zero-order chi connectivity index (χ0) is 22.9. The van der Waals surface area contributed by atoms with E-state index in [9.17, 15) is 4.79 Å². The van der Waals surface area contributed by atoms with E-state index >= 15 is 0 Å². The summed E-state index contributed by atoms with van der Waals surface area (Å²) in [5.41, 5.74) is 6.25. The molecule has 0 bridgehead atoms. The Balaban J connectivity index is 1.66. The molecule has 1 N–H and O–H groups in total. The molecule has 0 saturated carbocycles. The first kappa shape index (κ1) is 21.5. The summed E-state index contributed by atoms with van der Waals surface area (Å²) in [4.78, 5) is 18.9. The minimum absolute atomic E-state index is 0.111. The van der Waals surface area contributed by atoms with Gasteiger partial charge in [0.1, 0.15) is 6.04 Å². The zero-order valence-electron chi connectivity index (χ0n) is 19.2. The predicted molar refractivity (Wildman–Crippen MR) is 126 cm³/mol. The predicted octanol–water partition coefficient (Wildman–Crippen LogP) is 2.93. The lowest BCUT2D eigenvalue weighted by Crippen LogP contribution is -2.38. The molecule has 4 aromatic rings. The van der Waals surface area contributed by atoms with E-state index in [4.69, 9.17) is 4.74 Å². The van der Waals surface area contributed by atoms with Gasteiger partial charge in [0, 0.05) is 25.8 Å². The number of aromatic nitrogens is 5. The number of benzene rings is 2. The Morgan fingerprint density at radius 2 is 1.97 bits per heavy atom. The van der Waals surface area contributed by atoms with E-state index in [0.29, 0.717) is 24.5 Å². The average molecular weight is 445 g/mol. The maximum Gasteiger partial charge on any atom is 0.253 e. The molecule has 0 saturated heterocycles. The van der Waals surface area contributed by atoms with Crippen LogP contribution in [0.25, 0.3) is 10.9 Å². The fraction of sp³-hybridized carbons (Fsp3) is 0.360. The SMILES string of the molecule is COCCn1nnnc1[C@H](c1cc2cc(C)cc(C)c2[nH]c1=O)N1CCc2ccccc2C1. The van der Waals surface area contributed by atoms with E-state index in [1.54, 1.807) is 11.8 Å². The summed E-state index contributed by atoms with van der Waals surface area (Å²) in [7, 11) is 1.65. The smallest absolute Gasteiger partial charge is 0.253 e. The van der Waals surface area contributed by atoms with Crippen molar-refractivity contribution in [1.82, 2.24) is 30.1 Å². The summed E-state index contributed by atoms with van der Waals surface area (Å²) in [5.74, 6) is 0.653. The van der Waals surface area contributed by atoms with Crippen molar-refractivity contribution < 1.29 is 4.74 Å². The molecule has 170 valence electrons. The number of pyridine rings is 1. The quantitative estimate of drug-likeness (QED) is 0.492. The number of nitrogens with zero attached hydrogens (tertiary/aromatic N) is 5. The van der Waals surface area contributed by atoms with E-state index in [-0.39, 0.29) is 11.6 Å². The Morgan fingerprint density at radius 1 is 1.15 bits per heavy atom. The summed E-state index contributed by atoms with van der Waals surface area (Å²) in [5, 5.41) is 13.5. The molecule has 0 fully saturated rings. The third-order valence-electron chi connectivity index (χ3n) is 6.45. The Morgan fingerprint density at radius 3 is 2.79 bits per heavy atom. The molecule has 1 aliphatic rings. The molecule has 0 amide bonds. The van der Waals surface area contributed by atoms with Crippen LogP contribution in [0.2, 0.25) is 0 Å². The average Bonchev–Trinajstić information content (AvgIpc) is 3.27. The second-order valence-corrected chi connectivity index (χ2v) is 8.74. The van der Waals surface area contributed by atoms with Crippen molar-refractivity contribution in [1.29, 1.82) is 0 Å². The molecule has 5 rings (SSSR count). The van der Waals surface area contributed by atoms with Gasteiger partial charge in [0.2, 0.25) is 0 Å². The van der Waals surface area contributed by atoms with Gasteiger partial charge < -0.3 is 9.72 Å². The van der Waals surface area contributed by atoms with Crippen molar-refractivity contribution in [3.05, 3.63) is 86.5 Å². The summed E-state index contributed by atoms with van der Waals surface area (Å²) >= 11 is 0. The van der Waals surface area contributed by atoms with E-state index in [1.165, 1.54) is 11.1 Å². The fourth-order valence-electron chi connectivity index (χ4n) is 4.89. The highest BCUT2D eigenvalue weighted by molar-refractivity contribution is 5.83. The molecule has 8 nitrogen and oxygen atoms in total. The van der Waals surface area contributed by atoms with Gasteiger partial charge in [0.15, 0.2) is 5.82 Å². The van der Waals surface area contributed by atoms with Crippen LogP contribution >= 0.6 is 0 Å². The van der Waals surface area contributed by atoms with Gasteiger partial charge in [0.25, 0.3) is 5.56 Å². The minimum Gasteiger partial charge on any atom is -0.383 e. The Bertz CT molecular complexity index is 1360. The molecule has 2 aromatic heterocycles. The second-order valence-electron chi connectivity index (χ2n) is 8.74. The topological polar surface area (TPSA) is 88.9 Å². The highest BCUT2D eigenvalue weighted by atomic mass is 16.5. The van der Waals surface area contributed by atoms with Crippen LogP contribution in [-0.2, 0) is 24.2 Å². The first-order valence-corrected chi connectivity index (χ1v) is 11.2. The third-order valence-corrected chi connectivity index (χ3v) is 6.45. The van der Waals surface area contributed by atoms with Crippen LogP contribution in [0.5, 0.6) is 0 Å². The highest BCUT2D eigenvalue weighted by Crippen LogP contribution is 2.32. The van der Waals surface area contributed by atoms with Crippen molar-refractivity contribution in [2.24, 2.45) is 0 Å². The fourth-order valence-corrected chi connectivity index (χ4v) is 4.89. The minimum atomic E-state index is -0.376. The normalized spacial score (nSPS) is 15.0. The molecular formula is C25H28N6O2. The zero-order valence-corrected chi connectivity index (χ0v) is 19.2. The van der Waals surface area contributed by atoms with Gasteiger partial charge in [-0.1, -0.05) is 35.9 Å². The van der Waals surface area contributed by atoms with Crippen molar-refractivity contribution in [3.8, 4) is 0 Å². The monoisotopic (exact) mass is 444 g/mol. The highest BCUT2D eigenvalue weighted by Gasteiger charge is 2.32. The van der Waals surface area contributed by atoms with Gasteiger partial charge in [0.05, 0.1) is 18.7 Å². The van der Waals surface area contributed by atoms with Crippen molar-refractivity contribution in [2.45, 2.75) is 39.4 Å². The molecule has 0 spiro atoms. The standard InChI is InChI=1S/C25H28N6O2/c1-16-12-17(2)22-20(13-16)14-21(25(32)26-22)23(24-27-28-29-31(24)10-11-33-3)30-9-8-18-6-4-5-7-19(18)15-30/h4-7,12-14,23H,8-11,15H2,1-3H3,(H,26,32)/t23-/m0/s1. The largest absolute Gasteiger partial charge is 0.383 e. The summed E-state index contributed by atoms with van der Waals surface area (Å²) in [6, 6.07) is 14.3. The van der Waals surface area contributed by atoms with Gasteiger partial charge in [-0.25, -0.2) is 4.68 Å². The Labute approximate surface area is 192 Å². The second kappa shape index (κ2) is 8.88. The number of rotatable bonds is 6. The maximum absolute atomic E-state index is 13.4. The summed E-state index contributed by atoms with van der Waals surface area (Å²) in [6.45, 7) is 6.63. The number of ether oxygens (including phenoxy) is 1.